The number of amides is 1. The Morgan fingerprint density at radius 2 is 1.83 bits per heavy atom. The van der Waals surface area contributed by atoms with Gasteiger partial charge < -0.3 is 10.6 Å². The van der Waals surface area contributed by atoms with Gasteiger partial charge in [0.2, 0.25) is 5.95 Å². The Morgan fingerprint density at radius 1 is 1.17 bits per heavy atom. The first-order chi connectivity index (χ1) is 11.2. The lowest BCUT2D eigenvalue weighted by Crippen LogP contribution is -2.20. The summed E-state index contributed by atoms with van der Waals surface area (Å²) >= 11 is 0. The van der Waals surface area contributed by atoms with Gasteiger partial charge in [-0.15, -0.1) is 0 Å². The molecule has 0 spiro atoms. The summed E-state index contributed by atoms with van der Waals surface area (Å²) in [6.45, 7) is 5.43. The third-order valence-electron chi connectivity index (χ3n) is 2.99. The van der Waals surface area contributed by atoms with Gasteiger partial charge >= 0.3 is 6.18 Å². The van der Waals surface area contributed by atoms with Crippen LogP contribution in [0.3, 0.4) is 0 Å². The number of anilines is 2. The molecule has 0 saturated heterocycles. The fourth-order valence-electron chi connectivity index (χ4n) is 2.03. The number of nitrogens with zero attached hydrogens (tertiary/aromatic N) is 2. The van der Waals surface area contributed by atoms with Gasteiger partial charge in [0.15, 0.2) is 0 Å². The third-order valence-corrected chi connectivity index (χ3v) is 2.99. The average Bonchev–Trinajstić information content (AvgIpc) is 2.45. The van der Waals surface area contributed by atoms with Gasteiger partial charge in [0.25, 0.3) is 5.91 Å². The Bertz CT molecular complexity index is 744. The van der Waals surface area contributed by atoms with Crippen molar-refractivity contribution in [2.45, 2.75) is 33.0 Å². The van der Waals surface area contributed by atoms with Gasteiger partial charge in [-0.25, -0.2) is 9.97 Å². The maximum atomic E-state index is 13.0. The summed E-state index contributed by atoms with van der Waals surface area (Å²) in [7, 11) is 0. The Morgan fingerprint density at radius 3 is 2.46 bits per heavy atom. The van der Waals surface area contributed by atoms with E-state index >= 15 is 0 Å². The normalized spacial score (nSPS) is 11.5. The van der Waals surface area contributed by atoms with Crippen LogP contribution in [0.25, 0.3) is 0 Å². The van der Waals surface area contributed by atoms with Crippen LogP contribution in [0.1, 0.15) is 35.6 Å². The molecule has 1 amide bonds. The van der Waals surface area contributed by atoms with Crippen molar-refractivity contribution < 1.29 is 18.0 Å². The SMILES string of the molecule is Cc1cc(C(=O)Nc2ccccc2C(F)(F)F)nc(NC(C)C)n1. The van der Waals surface area contributed by atoms with E-state index in [9.17, 15) is 18.0 Å². The lowest BCUT2D eigenvalue weighted by molar-refractivity contribution is -0.136. The van der Waals surface area contributed by atoms with Gasteiger partial charge in [-0.2, -0.15) is 13.2 Å². The zero-order valence-electron chi connectivity index (χ0n) is 13.4. The number of hydrogen-bond acceptors (Lipinski definition) is 4. The second kappa shape index (κ2) is 6.86. The lowest BCUT2D eigenvalue weighted by Gasteiger charge is -2.14. The molecule has 0 aliphatic heterocycles. The topological polar surface area (TPSA) is 66.9 Å². The van der Waals surface area contributed by atoms with Crippen molar-refractivity contribution in [1.82, 2.24) is 9.97 Å². The molecule has 0 saturated carbocycles. The molecule has 0 bridgehead atoms. The molecule has 1 aromatic carbocycles. The Kier molecular flexibility index (Phi) is 5.06. The number of aryl methyl sites for hydroxylation is 1. The van der Waals surface area contributed by atoms with Crippen LogP contribution in [0.2, 0.25) is 0 Å². The Labute approximate surface area is 137 Å². The Hall–Kier alpha value is -2.64. The molecule has 8 heteroatoms. The highest BCUT2D eigenvalue weighted by molar-refractivity contribution is 6.03. The number of carbonyl (C=O) groups is 1. The van der Waals surface area contributed by atoms with Crippen LogP contribution in [0.5, 0.6) is 0 Å². The number of aromatic nitrogens is 2. The highest BCUT2D eigenvalue weighted by Crippen LogP contribution is 2.34. The number of rotatable bonds is 4. The second-order valence-corrected chi connectivity index (χ2v) is 5.51. The molecule has 128 valence electrons. The molecule has 2 rings (SSSR count). The van der Waals surface area contributed by atoms with Crippen molar-refractivity contribution in [3.05, 3.63) is 47.3 Å². The van der Waals surface area contributed by atoms with E-state index in [1.165, 1.54) is 24.3 Å². The maximum absolute atomic E-state index is 13.0. The molecular formula is C16H17F3N4O. The van der Waals surface area contributed by atoms with Gasteiger partial charge in [0, 0.05) is 11.7 Å². The molecule has 0 aliphatic rings. The molecule has 0 unspecified atom stereocenters. The summed E-state index contributed by atoms with van der Waals surface area (Å²) in [6.07, 6.45) is -4.56. The number of para-hydroxylation sites is 1. The largest absolute Gasteiger partial charge is 0.418 e. The summed E-state index contributed by atoms with van der Waals surface area (Å²) in [4.78, 5) is 20.5. The van der Waals surface area contributed by atoms with E-state index in [0.29, 0.717) is 5.69 Å². The van der Waals surface area contributed by atoms with Crippen LogP contribution in [0, 0.1) is 6.92 Å². The summed E-state index contributed by atoms with van der Waals surface area (Å²) in [6, 6.07) is 6.25. The number of nitrogens with one attached hydrogen (secondary N) is 2. The molecule has 24 heavy (non-hydrogen) atoms. The molecule has 0 atom stereocenters. The highest BCUT2D eigenvalue weighted by Gasteiger charge is 2.33. The monoisotopic (exact) mass is 338 g/mol. The van der Waals surface area contributed by atoms with Crippen molar-refractivity contribution in [2.24, 2.45) is 0 Å². The molecule has 2 N–H and O–H groups in total. The van der Waals surface area contributed by atoms with E-state index in [1.807, 2.05) is 13.8 Å². The van der Waals surface area contributed by atoms with Crippen LogP contribution >= 0.6 is 0 Å². The summed E-state index contributed by atoms with van der Waals surface area (Å²) in [5.74, 6) is -0.483. The second-order valence-electron chi connectivity index (χ2n) is 5.51. The van der Waals surface area contributed by atoms with Gasteiger partial charge in [-0.3, -0.25) is 4.79 Å². The minimum Gasteiger partial charge on any atom is -0.352 e. The van der Waals surface area contributed by atoms with E-state index in [0.717, 1.165) is 6.07 Å². The minimum atomic E-state index is -4.56. The summed E-state index contributed by atoms with van der Waals surface area (Å²) < 4.78 is 39.0. The average molecular weight is 338 g/mol. The molecule has 1 heterocycles. The van der Waals surface area contributed by atoms with E-state index < -0.39 is 17.6 Å². The van der Waals surface area contributed by atoms with Crippen LogP contribution in [-0.2, 0) is 6.18 Å². The zero-order chi connectivity index (χ0) is 17.9. The smallest absolute Gasteiger partial charge is 0.352 e. The number of carbonyl (C=O) groups excluding carboxylic acids is 1. The number of benzene rings is 1. The molecule has 5 nitrogen and oxygen atoms in total. The molecule has 0 aliphatic carbocycles. The van der Waals surface area contributed by atoms with Crippen molar-refractivity contribution in [3.8, 4) is 0 Å². The molecule has 2 aromatic rings. The predicted octanol–water partition coefficient (Wildman–Crippen LogP) is 3.88. The first-order valence-corrected chi connectivity index (χ1v) is 7.26. The lowest BCUT2D eigenvalue weighted by atomic mass is 10.1. The van der Waals surface area contributed by atoms with E-state index in [-0.39, 0.29) is 23.4 Å². The predicted molar refractivity (Wildman–Crippen MR) is 84.9 cm³/mol. The van der Waals surface area contributed by atoms with E-state index in [1.54, 1.807) is 6.92 Å². The first-order valence-electron chi connectivity index (χ1n) is 7.26. The minimum absolute atomic E-state index is 0.0115. The molecule has 0 fully saturated rings. The van der Waals surface area contributed by atoms with Crippen LogP contribution in [0.4, 0.5) is 24.8 Å². The van der Waals surface area contributed by atoms with Crippen molar-refractivity contribution in [3.63, 3.8) is 0 Å². The molecular weight excluding hydrogens is 321 g/mol. The van der Waals surface area contributed by atoms with Gasteiger partial charge in [0.1, 0.15) is 5.69 Å². The maximum Gasteiger partial charge on any atom is 0.418 e. The summed E-state index contributed by atoms with van der Waals surface area (Å²) in [5.41, 5.74) is -0.709. The van der Waals surface area contributed by atoms with Crippen molar-refractivity contribution in [2.75, 3.05) is 10.6 Å². The number of alkyl halides is 3. The van der Waals surface area contributed by atoms with Crippen LogP contribution < -0.4 is 10.6 Å². The fourth-order valence-corrected chi connectivity index (χ4v) is 2.03. The van der Waals surface area contributed by atoms with Crippen LogP contribution in [0.15, 0.2) is 30.3 Å². The standard InChI is InChI=1S/C16H17F3N4O/c1-9(2)20-15-21-10(3)8-13(23-15)14(24)22-12-7-5-4-6-11(12)16(17,18)19/h4-9H,1-3H3,(H,22,24)(H,20,21,23). The van der Waals surface area contributed by atoms with Gasteiger partial charge in [-0.1, -0.05) is 12.1 Å². The van der Waals surface area contributed by atoms with Crippen LogP contribution in [-0.4, -0.2) is 21.9 Å². The Balaban J connectivity index is 2.30. The van der Waals surface area contributed by atoms with E-state index in [2.05, 4.69) is 20.6 Å². The fraction of sp³-hybridized carbons (Fsp3) is 0.312. The van der Waals surface area contributed by atoms with Gasteiger partial charge in [-0.05, 0) is 39.0 Å². The highest BCUT2D eigenvalue weighted by atomic mass is 19.4. The van der Waals surface area contributed by atoms with Gasteiger partial charge in [0.05, 0.1) is 11.3 Å². The third kappa shape index (κ3) is 4.43. The van der Waals surface area contributed by atoms with E-state index in [4.69, 9.17) is 0 Å². The first kappa shape index (κ1) is 17.7. The van der Waals surface area contributed by atoms with Crippen molar-refractivity contribution in [1.29, 1.82) is 0 Å². The number of hydrogen-bond donors (Lipinski definition) is 2. The summed E-state index contributed by atoms with van der Waals surface area (Å²) in [5, 5.41) is 5.22. The molecule has 1 aromatic heterocycles. The zero-order valence-corrected chi connectivity index (χ0v) is 13.4. The van der Waals surface area contributed by atoms with Crippen molar-refractivity contribution >= 4 is 17.5 Å². The number of halogens is 3. The molecule has 0 radical (unpaired) electrons. The quantitative estimate of drug-likeness (QED) is 0.888.